The van der Waals surface area contributed by atoms with Crippen molar-refractivity contribution < 1.29 is 4.79 Å². The van der Waals surface area contributed by atoms with Crippen molar-refractivity contribution in [3.05, 3.63) is 12.2 Å². The Balaban J connectivity index is 2.43. The quantitative estimate of drug-likeness (QED) is 0.697. The van der Waals surface area contributed by atoms with Gasteiger partial charge in [0, 0.05) is 18.5 Å². The molecule has 2 atom stereocenters. The summed E-state index contributed by atoms with van der Waals surface area (Å²) in [5.74, 6) is 1.10. The molecule has 98 valence electrons. The third-order valence-corrected chi connectivity index (χ3v) is 3.31. The summed E-state index contributed by atoms with van der Waals surface area (Å²) in [6.45, 7) is 6.84. The summed E-state index contributed by atoms with van der Waals surface area (Å²) in [4.78, 5) is 12.0. The SMILES string of the molecule is CC(C)CC(C)(CN)NC(=O)CC1C=CCC1. The molecule has 0 spiro atoms. The molecule has 0 saturated heterocycles. The van der Waals surface area contributed by atoms with Gasteiger partial charge in [0.2, 0.25) is 5.91 Å². The average Bonchev–Trinajstić information content (AvgIpc) is 2.68. The fourth-order valence-corrected chi connectivity index (χ4v) is 2.58. The van der Waals surface area contributed by atoms with Gasteiger partial charge in [-0.05, 0) is 38.0 Å². The first-order valence-corrected chi connectivity index (χ1v) is 6.63. The number of amides is 1. The van der Waals surface area contributed by atoms with E-state index in [0.717, 1.165) is 19.3 Å². The molecular weight excluding hydrogens is 212 g/mol. The van der Waals surface area contributed by atoms with Crippen LogP contribution < -0.4 is 11.1 Å². The maximum atomic E-state index is 12.0. The van der Waals surface area contributed by atoms with E-state index in [-0.39, 0.29) is 11.4 Å². The van der Waals surface area contributed by atoms with Gasteiger partial charge < -0.3 is 11.1 Å². The first kappa shape index (κ1) is 14.2. The van der Waals surface area contributed by atoms with E-state index in [9.17, 15) is 4.79 Å². The van der Waals surface area contributed by atoms with E-state index in [1.54, 1.807) is 0 Å². The van der Waals surface area contributed by atoms with Crippen molar-refractivity contribution in [1.82, 2.24) is 5.32 Å². The van der Waals surface area contributed by atoms with Crippen molar-refractivity contribution in [2.24, 2.45) is 17.6 Å². The largest absolute Gasteiger partial charge is 0.350 e. The van der Waals surface area contributed by atoms with Gasteiger partial charge >= 0.3 is 0 Å². The third kappa shape index (κ3) is 4.90. The minimum atomic E-state index is -0.256. The van der Waals surface area contributed by atoms with Crippen LogP contribution >= 0.6 is 0 Å². The lowest BCUT2D eigenvalue weighted by Gasteiger charge is -2.31. The van der Waals surface area contributed by atoms with E-state index >= 15 is 0 Å². The van der Waals surface area contributed by atoms with E-state index < -0.39 is 0 Å². The Morgan fingerprint density at radius 2 is 2.29 bits per heavy atom. The smallest absolute Gasteiger partial charge is 0.221 e. The molecule has 3 nitrogen and oxygen atoms in total. The van der Waals surface area contributed by atoms with Crippen LogP contribution in [0.15, 0.2) is 12.2 Å². The number of hydrogen-bond donors (Lipinski definition) is 2. The van der Waals surface area contributed by atoms with Crippen LogP contribution in [-0.2, 0) is 4.79 Å². The van der Waals surface area contributed by atoms with Gasteiger partial charge in [0.05, 0.1) is 0 Å². The maximum Gasteiger partial charge on any atom is 0.221 e. The predicted octanol–water partition coefficient (Wildman–Crippen LogP) is 2.22. The summed E-state index contributed by atoms with van der Waals surface area (Å²) < 4.78 is 0. The zero-order valence-corrected chi connectivity index (χ0v) is 11.3. The minimum Gasteiger partial charge on any atom is -0.350 e. The van der Waals surface area contributed by atoms with Gasteiger partial charge in [-0.3, -0.25) is 4.79 Å². The van der Waals surface area contributed by atoms with Crippen LogP contribution in [0.2, 0.25) is 0 Å². The van der Waals surface area contributed by atoms with Gasteiger partial charge in [0.1, 0.15) is 0 Å². The van der Waals surface area contributed by atoms with Gasteiger partial charge in [0.25, 0.3) is 0 Å². The molecule has 3 N–H and O–H groups in total. The maximum absolute atomic E-state index is 12.0. The number of nitrogens with one attached hydrogen (secondary N) is 1. The lowest BCUT2D eigenvalue weighted by Crippen LogP contribution is -2.52. The second kappa shape index (κ2) is 6.20. The van der Waals surface area contributed by atoms with E-state index in [1.165, 1.54) is 0 Å². The Morgan fingerprint density at radius 1 is 1.59 bits per heavy atom. The molecule has 0 bridgehead atoms. The average molecular weight is 238 g/mol. The fraction of sp³-hybridized carbons (Fsp3) is 0.786. The van der Waals surface area contributed by atoms with E-state index in [0.29, 0.717) is 24.8 Å². The summed E-state index contributed by atoms with van der Waals surface area (Å²) in [5.41, 5.74) is 5.53. The summed E-state index contributed by atoms with van der Waals surface area (Å²) in [6.07, 6.45) is 8.06. The van der Waals surface area contributed by atoms with Crippen molar-refractivity contribution in [1.29, 1.82) is 0 Å². The molecule has 1 aliphatic rings. The summed E-state index contributed by atoms with van der Waals surface area (Å²) >= 11 is 0. The van der Waals surface area contributed by atoms with Crippen LogP contribution in [0.3, 0.4) is 0 Å². The molecule has 0 saturated carbocycles. The van der Waals surface area contributed by atoms with Crippen molar-refractivity contribution in [2.75, 3.05) is 6.54 Å². The molecule has 0 heterocycles. The molecule has 0 aromatic carbocycles. The Hall–Kier alpha value is -0.830. The molecule has 0 aromatic rings. The zero-order valence-electron chi connectivity index (χ0n) is 11.3. The van der Waals surface area contributed by atoms with Crippen LogP contribution in [0.4, 0.5) is 0 Å². The Bertz CT molecular complexity index is 286. The number of rotatable bonds is 6. The zero-order chi connectivity index (χ0) is 12.9. The molecule has 0 fully saturated rings. The fourth-order valence-electron chi connectivity index (χ4n) is 2.58. The van der Waals surface area contributed by atoms with Gasteiger partial charge in [-0.15, -0.1) is 0 Å². The molecular formula is C14H26N2O. The monoisotopic (exact) mass is 238 g/mol. The number of nitrogens with two attached hydrogens (primary N) is 1. The highest BCUT2D eigenvalue weighted by atomic mass is 16.1. The number of carbonyl (C=O) groups is 1. The second-order valence-corrected chi connectivity index (χ2v) is 5.88. The van der Waals surface area contributed by atoms with E-state index in [2.05, 4.69) is 31.3 Å². The van der Waals surface area contributed by atoms with Crippen LogP contribution in [0.1, 0.15) is 46.5 Å². The highest BCUT2D eigenvalue weighted by Gasteiger charge is 2.26. The van der Waals surface area contributed by atoms with Crippen molar-refractivity contribution >= 4 is 5.91 Å². The van der Waals surface area contributed by atoms with Crippen LogP contribution in [-0.4, -0.2) is 18.0 Å². The normalized spacial score (nSPS) is 22.8. The van der Waals surface area contributed by atoms with Crippen molar-refractivity contribution in [3.8, 4) is 0 Å². The second-order valence-electron chi connectivity index (χ2n) is 5.88. The lowest BCUT2D eigenvalue weighted by molar-refractivity contribution is -0.123. The van der Waals surface area contributed by atoms with E-state index in [1.807, 2.05) is 6.92 Å². The topological polar surface area (TPSA) is 55.1 Å². The molecule has 2 unspecified atom stereocenters. The molecule has 0 aromatic heterocycles. The molecule has 3 heteroatoms. The highest BCUT2D eigenvalue weighted by Crippen LogP contribution is 2.21. The molecule has 0 radical (unpaired) electrons. The van der Waals surface area contributed by atoms with Crippen LogP contribution in [0.25, 0.3) is 0 Å². The molecule has 0 aliphatic heterocycles. The molecule has 1 amide bonds. The number of hydrogen-bond acceptors (Lipinski definition) is 2. The van der Waals surface area contributed by atoms with Crippen LogP contribution in [0, 0.1) is 11.8 Å². The Kier molecular flexibility index (Phi) is 5.19. The summed E-state index contributed by atoms with van der Waals surface area (Å²) in [7, 11) is 0. The minimum absolute atomic E-state index is 0.134. The Morgan fingerprint density at radius 3 is 2.76 bits per heavy atom. The van der Waals surface area contributed by atoms with Gasteiger partial charge in [0.15, 0.2) is 0 Å². The third-order valence-electron chi connectivity index (χ3n) is 3.31. The lowest BCUT2D eigenvalue weighted by atomic mass is 9.90. The molecule has 17 heavy (non-hydrogen) atoms. The van der Waals surface area contributed by atoms with Crippen LogP contribution in [0.5, 0.6) is 0 Å². The standard InChI is InChI=1S/C14H26N2O/c1-11(2)9-14(3,10-15)16-13(17)8-12-6-4-5-7-12/h4,6,11-12H,5,7-10,15H2,1-3H3,(H,16,17). The summed E-state index contributed by atoms with van der Waals surface area (Å²) in [5, 5.41) is 3.10. The van der Waals surface area contributed by atoms with Crippen molar-refractivity contribution in [3.63, 3.8) is 0 Å². The first-order valence-electron chi connectivity index (χ1n) is 6.63. The highest BCUT2D eigenvalue weighted by molar-refractivity contribution is 5.77. The number of allylic oxidation sites excluding steroid dienone is 2. The summed E-state index contributed by atoms with van der Waals surface area (Å²) in [6, 6.07) is 0. The molecule has 1 aliphatic carbocycles. The molecule has 1 rings (SSSR count). The predicted molar refractivity (Wildman–Crippen MR) is 71.5 cm³/mol. The van der Waals surface area contributed by atoms with E-state index in [4.69, 9.17) is 5.73 Å². The van der Waals surface area contributed by atoms with Gasteiger partial charge in [-0.2, -0.15) is 0 Å². The van der Waals surface area contributed by atoms with Crippen molar-refractivity contribution in [2.45, 2.75) is 52.0 Å². The Labute approximate surface area is 105 Å². The van der Waals surface area contributed by atoms with Gasteiger partial charge in [-0.1, -0.05) is 26.0 Å². The number of carbonyl (C=O) groups excluding carboxylic acids is 1. The first-order chi connectivity index (χ1) is 7.95. The van der Waals surface area contributed by atoms with Gasteiger partial charge in [-0.25, -0.2) is 0 Å².